The zero-order valence-corrected chi connectivity index (χ0v) is 10.6. The SMILES string of the molecule is CC(C)(C)OC(=O)NCc1cc(F)cnc1Cl. The van der Waals surface area contributed by atoms with Crippen LogP contribution in [0, 0.1) is 5.82 Å². The Bertz CT molecular complexity index is 418. The molecule has 0 unspecified atom stereocenters. The van der Waals surface area contributed by atoms with Crippen LogP contribution in [0.4, 0.5) is 9.18 Å². The van der Waals surface area contributed by atoms with Crippen molar-refractivity contribution < 1.29 is 13.9 Å². The zero-order chi connectivity index (χ0) is 13.1. The Morgan fingerprint density at radius 2 is 2.24 bits per heavy atom. The van der Waals surface area contributed by atoms with E-state index in [2.05, 4.69) is 10.3 Å². The van der Waals surface area contributed by atoms with Gasteiger partial charge in [0.2, 0.25) is 0 Å². The number of hydrogen-bond donors (Lipinski definition) is 1. The molecule has 1 N–H and O–H groups in total. The Morgan fingerprint density at radius 1 is 1.59 bits per heavy atom. The second-order valence-electron chi connectivity index (χ2n) is 4.46. The molecule has 0 aliphatic rings. The Balaban J connectivity index is 2.56. The molecule has 0 aliphatic carbocycles. The number of nitrogens with zero attached hydrogens (tertiary/aromatic N) is 1. The van der Waals surface area contributed by atoms with E-state index in [1.807, 2.05) is 0 Å². The van der Waals surface area contributed by atoms with Crippen molar-refractivity contribution in [2.75, 3.05) is 0 Å². The first-order valence-corrected chi connectivity index (χ1v) is 5.42. The van der Waals surface area contributed by atoms with Crippen LogP contribution in [-0.2, 0) is 11.3 Å². The molecule has 4 nitrogen and oxygen atoms in total. The van der Waals surface area contributed by atoms with Crippen LogP contribution >= 0.6 is 11.6 Å². The number of nitrogens with one attached hydrogen (secondary N) is 1. The van der Waals surface area contributed by atoms with Crippen molar-refractivity contribution in [3.63, 3.8) is 0 Å². The highest BCUT2D eigenvalue weighted by molar-refractivity contribution is 6.30. The number of pyridine rings is 1. The molecule has 1 rings (SSSR count). The number of rotatable bonds is 2. The molecule has 0 atom stereocenters. The molecule has 0 radical (unpaired) electrons. The summed E-state index contributed by atoms with van der Waals surface area (Å²) in [5.74, 6) is -0.504. The number of ether oxygens (including phenoxy) is 1. The first kappa shape index (κ1) is 13.7. The zero-order valence-electron chi connectivity index (χ0n) is 9.88. The van der Waals surface area contributed by atoms with Gasteiger partial charge < -0.3 is 10.1 Å². The lowest BCUT2D eigenvalue weighted by Gasteiger charge is -2.19. The van der Waals surface area contributed by atoms with Crippen LogP contribution in [0.3, 0.4) is 0 Å². The molecule has 1 amide bonds. The summed E-state index contributed by atoms with van der Waals surface area (Å²) < 4.78 is 17.9. The Kier molecular flexibility index (Phi) is 4.28. The molecule has 0 saturated heterocycles. The van der Waals surface area contributed by atoms with E-state index in [0.29, 0.717) is 5.56 Å². The fourth-order valence-electron chi connectivity index (χ4n) is 1.07. The molecule has 0 saturated carbocycles. The quantitative estimate of drug-likeness (QED) is 0.832. The van der Waals surface area contributed by atoms with Gasteiger partial charge in [-0.1, -0.05) is 11.6 Å². The van der Waals surface area contributed by atoms with E-state index in [9.17, 15) is 9.18 Å². The first-order chi connectivity index (χ1) is 7.78. The van der Waals surface area contributed by atoms with Crippen molar-refractivity contribution in [3.05, 3.63) is 28.8 Å². The van der Waals surface area contributed by atoms with Crippen LogP contribution in [0.25, 0.3) is 0 Å². The lowest BCUT2D eigenvalue weighted by Crippen LogP contribution is -2.32. The molecule has 1 aromatic rings. The minimum absolute atomic E-state index is 0.0680. The summed E-state index contributed by atoms with van der Waals surface area (Å²) in [5, 5.41) is 2.63. The van der Waals surface area contributed by atoms with E-state index in [1.54, 1.807) is 20.8 Å². The number of aromatic nitrogens is 1. The molecule has 0 bridgehead atoms. The normalized spacial score (nSPS) is 11.1. The smallest absolute Gasteiger partial charge is 0.407 e. The van der Waals surface area contributed by atoms with Gasteiger partial charge in [-0.2, -0.15) is 0 Å². The predicted molar refractivity (Wildman–Crippen MR) is 62.3 cm³/mol. The molecule has 0 fully saturated rings. The summed E-state index contributed by atoms with van der Waals surface area (Å²) in [4.78, 5) is 15.0. The molecule has 0 spiro atoms. The largest absolute Gasteiger partial charge is 0.444 e. The first-order valence-electron chi connectivity index (χ1n) is 5.05. The van der Waals surface area contributed by atoms with E-state index in [0.717, 1.165) is 6.20 Å². The van der Waals surface area contributed by atoms with Gasteiger partial charge in [-0.15, -0.1) is 0 Å². The number of hydrogen-bond acceptors (Lipinski definition) is 3. The van der Waals surface area contributed by atoms with Crippen LogP contribution in [-0.4, -0.2) is 16.7 Å². The number of carbonyl (C=O) groups excluding carboxylic acids is 1. The minimum Gasteiger partial charge on any atom is -0.444 e. The Labute approximate surface area is 104 Å². The number of amides is 1. The molecule has 0 aliphatic heterocycles. The Morgan fingerprint density at radius 3 is 2.82 bits per heavy atom. The molecule has 0 aromatic carbocycles. The fourth-order valence-corrected chi connectivity index (χ4v) is 1.24. The fraction of sp³-hybridized carbons (Fsp3) is 0.455. The number of halogens is 2. The maximum atomic E-state index is 12.9. The van der Waals surface area contributed by atoms with E-state index >= 15 is 0 Å². The van der Waals surface area contributed by atoms with Crippen molar-refractivity contribution in [1.82, 2.24) is 10.3 Å². The standard InChI is InChI=1S/C11H14ClFN2O2/c1-11(2,3)17-10(16)15-5-7-4-8(13)6-14-9(7)12/h4,6H,5H2,1-3H3,(H,15,16). The third-order valence-corrected chi connectivity index (χ3v) is 2.04. The lowest BCUT2D eigenvalue weighted by atomic mass is 10.2. The Hall–Kier alpha value is -1.36. The van der Waals surface area contributed by atoms with Gasteiger partial charge in [-0.05, 0) is 26.8 Å². The summed E-state index contributed by atoms with van der Waals surface area (Å²) in [6.07, 6.45) is 0.428. The van der Waals surface area contributed by atoms with E-state index < -0.39 is 17.5 Å². The molecule has 1 heterocycles. The third-order valence-electron chi connectivity index (χ3n) is 1.70. The van der Waals surface area contributed by atoms with Gasteiger partial charge in [0.15, 0.2) is 0 Å². The van der Waals surface area contributed by atoms with Crippen LogP contribution in [0.2, 0.25) is 5.15 Å². The topological polar surface area (TPSA) is 51.2 Å². The van der Waals surface area contributed by atoms with Crippen LogP contribution in [0.1, 0.15) is 26.3 Å². The molecular formula is C11H14ClFN2O2. The van der Waals surface area contributed by atoms with Crippen molar-refractivity contribution in [2.45, 2.75) is 32.9 Å². The van der Waals surface area contributed by atoms with Gasteiger partial charge in [0.25, 0.3) is 0 Å². The van der Waals surface area contributed by atoms with Crippen molar-refractivity contribution in [1.29, 1.82) is 0 Å². The second kappa shape index (κ2) is 5.31. The summed E-state index contributed by atoms with van der Waals surface area (Å²) >= 11 is 5.74. The maximum absolute atomic E-state index is 12.9. The highest BCUT2D eigenvalue weighted by Crippen LogP contribution is 2.13. The monoisotopic (exact) mass is 260 g/mol. The summed E-state index contributed by atoms with van der Waals surface area (Å²) in [6, 6.07) is 1.21. The predicted octanol–water partition coefficient (Wildman–Crippen LogP) is 2.90. The average molecular weight is 261 g/mol. The van der Waals surface area contributed by atoms with E-state index in [-0.39, 0.29) is 11.7 Å². The van der Waals surface area contributed by atoms with E-state index in [4.69, 9.17) is 16.3 Å². The molecule has 17 heavy (non-hydrogen) atoms. The molecule has 94 valence electrons. The van der Waals surface area contributed by atoms with Gasteiger partial charge in [-0.25, -0.2) is 14.2 Å². The molecule has 1 aromatic heterocycles. The van der Waals surface area contributed by atoms with Crippen molar-refractivity contribution in [2.24, 2.45) is 0 Å². The maximum Gasteiger partial charge on any atom is 0.407 e. The third kappa shape index (κ3) is 4.99. The second-order valence-corrected chi connectivity index (χ2v) is 4.82. The summed E-state index contributed by atoms with van der Waals surface area (Å²) in [5.41, 5.74) is -0.175. The van der Waals surface area contributed by atoms with Gasteiger partial charge >= 0.3 is 6.09 Å². The van der Waals surface area contributed by atoms with Crippen LogP contribution in [0.5, 0.6) is 0 Å². The minimum atomic E-state index is -0.585. The lowest BCUT2D eigenvalue weighted by molar-refractivity contribution is 0.0523. The van der Waals surface area contributed by atoms with E-state index in [1.165, 1.54) is 6.07 Å². The summed E-state index contributed by atoms with van der Waals surface area (Å²) in [7, 11) is 0. The number of alkyl carbamates (subject to hydrolysis) is 1. The van der Waals surface area contributed by atoms with Gasteiger partial charge in [0.1, 0.15) is 16.6 Å². The van der Waals surface area contributed by atoms with Gasteiger partial charge in [0, 0.05) is 12.1 Å². The number of carbonyl (C=O) groups is 1. The molecular weight excluding hydrogens is 247 g/mol. The van der Waals surface area contributed by atoms with Gasteiger partial charge in [-0.3, -0.25) is 0 Å². The summed E-state index contributed by atoms with van der Waals surface area (Å²) in [6.45, 7) is 5.33. The van der Waals surface area contributed by atoms with Crippen LogP contribution < -0.4 is 5.32 Å². The van der Waals surface area contributed by atoms with Crippen LogP contribution in [0.15, 0.2) is 12.3 Å². The van der Waals surface area contributed by atoms with Crippen molar-refractivity contribution >= 4 is 17.7 Å². The highest BCUT2D eigenvalue weighted by atomic mass is 35.5. The van der Waals surface area contributed by atoms with Crippen molar-refractivity contribution in [3.8, 4) is 0 Å². The highest BCUT2D eigenvalue weighted by Gasteiger charge is 2.16. The molecule has 6 heteroatoms. The average Bonchev–Trinajstić information content (AvgIpc) is 2.17. The van der Waals surface area contributed by atoms with Gasteiger partial charge in [0.05, 0.1) is 6.20 Å².